The van der Waals surface area contributed by atoms with Gasteiger partial charge in [0.05, 0.1) is 12.2 Å². The van der Waals surface area contributed by atoms with E-state index < -0.39 is 18.5 Å². The summed E-state index contributed by atoms with van der Waals surface area (Å²) in [5, 5.41) is 0. The van der Waals surface area contributed by atoms with Crippen molar-refractivity contribution in [3.8, 4) is 0 Å². The van der Waals surface area contributed by atoms with Crippen molar-refractivity contribution in [3.63, 3.8) is 0 Å². The van der Waals surface area contributed by atoms with Crippen LogP contribution in [0.2, 0.25) is 0 Å². The molecule has 0 radical (unpaired) electrons. The standard InChI is InChI=1S/C22H29N3O5/c1-7-29-21(27)19-14(2)20(23-15(19)3)22(28)30-13-18(26)25(6)12-16-8-10-17(11-9-16)24(4)5/h8-11,23H,7,12-13H2,1-6H3. The van der Waals surface area contributed by atoms with Crippen molar-refractivity contribution in [2.75, 3.05) is 39.3 Å². The average Bonchev–Trinajstić information content (AvgIpc) is 3.00. The molecule has 2 aromatic rings. The highest BCUT2D eigenvalue weighted by Gasteiger charge is 2.24. The van der Waals surface area contributed by atoms with Gasteiger partial charge in [-0.05, 0) is 44.0 Å². The van der Waals surface area contributed by atoms with Gasteiger partial charge in [0.15, 0.2) is 6.61 Å². The molecule has 0 aliphatic carbocycles. The van der Waals surface area contributed by atoms with Crippen LogP contribution in [-0.4, -0.2) is 62.1 Å². The first kappa shape index (κ1) is 23.0. The Morgan fingerprint density at radius 2 is 1.60 bits per heavy atom. The summed E-state index contributed by atoms with van der Waals surface area (Å²) in [7, 11) is 5.57. The predicted octanol–water partition coefficient (Wildman–Crippen LogP) is 2.69. The van der Waals surface area contributed by atoms with Crippen LogP contribution in [0.1, 0.15) is 44.6 Å². The number of aromatic nitrogens is 1. The number of aromatic amines is 1. The molecule has 30 heavy (non-hydrogen) atoms. The Kier molecular flexibility index (Phi) is 7.63. The van der Waals surface area contributed by atoms with Crippen LogP contribution in [0.3, 0.4) is 0 Å². The molecule has 0 spiro atoms. The second-order valence-electron chi connectivity index (χ2n) is 7.23. The number of nitrogens with one attached hydrogen (secondary N) is 1. The summed E-state index contributed by atoms with van der Waals surface area (Å²) in [6.45, 7) is 5.27. The number of likely N-dealkylation sites (N-methyl/N-ethyl adjacent to an activating group) is 1. The third-order valence-electron chi connectivity index (χ3n) is 4.75. The van der Waals surface area contributed by atoms with Crippen molar-refractivity contribution in [2.45, 2.75) is 27.3 Å². The van der Waals surface area contributed by atoms with Gasteiger partial charge in [0.1, 0.15) is 5.69 Å². The van der Waals surface area contributed by atoms with Crippen LogP contribution in [0, 0.1) is 13.8 Å². The number of carbonyl (C=O) groups is 3. The molecule has 0 atom stereocenters. The molecular weight excluding hydrogens is 386 g/mol. The van der Waals surface area contributed by atoms with E-state index >= 15 is 0 Å². The molecule has 8 nitrogen and oxygen atoms in total. The molecule has 1 aromatic heterocycles. The lowest BCUT2D eigenvalue weighted by Gasteiger charge is -2.18. The number of hydrogen-bond acceptors (Lipinski definition) is 6. The summed E-state index contributed by atoms with van der Waals surface area (Å²) < 4.78 is 10.2. The number of aryl methyl sites for hydroxylation is 1. The van der Waals surface area contributed by atoms with Crippen molar-refractivity contribution in [1.29, 1.82) is 0 Å². The van der Waals surface area contributed by atoms with Crippen LogP contribution in [0.5, 0.6) is 0 Å². The fraction of sp³-hybridized carbons (Fsp3) is 0.409. The van der Waals surface area contributed by atoms with E-state index in [1.165, 1.54) is 4.90 Å². The Balaban J connectivity index is 1.96. The van der Waals surface area contributed by atoms with Gasteiger partial charge in [-0.2, -0.15) is 0 Å². The molecule has 0 unspecified atom stereocenters. The summed E-state index contributed by atoms with van der Waals surface area (Å²) in [6, 6.07) is 7.86. The highest BCUT2D eigenvalue weighted by atomic mass is 16.5. The molecule has 0 aliphatic heterocycles. The first-order valence-electron chi connectivity index (χ1n) is 9.69. The zero-order chi connectivity index (χ0) is 22.4. The molecule has 162 valence electrons. The summed E-state index contributed by atoms with van der Waals surface area (Å²) in [5.41, 5.74) is 3.46. The number of esters is 2. The molecule has 1 amide bonds. The minimum atomic E-state index is -0.691. The summed E-state index contributed by atoms with van der Waals surface area (Å²) >= 11 is 0. The van der Waals surface area contributed by atoms with Crippen LogP contribution in [-0.2, 0) is 20.8 Å². The van der Waals surface area contributed by atoms with E-state index in [4.69, 9.17) is 9.47 Å². The van der Waals surface area contributed by atoms with Gasteiger partial charge in [0, 0.05) is 39.1 Å². The van der Waals surface area contributed by atoms with Crippen LogP contribution >= 0.6 is 0 Å². The molecule has 1 N–H and O–H groups in total. The zero-order valence-corrected chi connectivity index (χ0v) is 18.4. The number of anilines is 1. The third kappa shape index (κ3) is 5.40. The summed E-state index contributed by atoms with van der Waals surface area (Å²) in [6.07, 6.45) is 0. The molecule has 1 aromatic carbocycles. The highest BCUT2D eigenvalue weighted by molar-refractivity contribution is 5.99. The second kappa shape index (κ2) is 9.96. The predicted molar refractivity (Wildman–Crippen MR) is 114 cm³/mol. The average molecular weight is 415 g/mol. The Bertz CT molecular complexity index is 916. The zero-order valence-electron chi connectivity index (χ0n) is 18.4. The first-order chi connectivity index (χ1) is 14.1. The van der Waals surface area contributed by atoms with Crippen LogP contribution in [0.25, 0.3) is 0 Å². The molecular formula is C22H29N3O5. The fourth-order valence-corrected chi connectivity index (χ4v) is 3.03. The Morgan fingerprint density at radius 1 is 0.967 bits per heavy atom. The fourth-order valence-electron chi connectivity index (χ4n) is 3.03. The van der Waals surface area contributed by atoms with Gasteiger partial charge in [-0.15, -0.1) is 0 Å². The monoisotopic (exact) mass is 415 g/mol. The number of carbonyl (C=O) groups excluding carboxylic acids is 3. The van der Waals surface area contributed by atoms with Gasteiger partial charge in [-0.25, -0.2) is 9.59 Å². The third-order valence-corrected chi connectivity index (χ3v) is 4.75. The normalized spacial score (nSPS) is 10.5. The van der Waals surface area contributed by atoms with Crippen LogP contribution in [0.15, 0.2) is 24.3 Å². The maximum atomic E-state index is 12.4. The van der Waals surface area contributed by atoms with Crippen molar-refractivity contribution < 1.29 is 23.9 Å². The molecule has 0 saturated carbocycles. The molecule has 0 bridgehead atoms. The molecule has 2 rings (SSSR count). The maximum Gasteiger partial charge on any atom is 0.355 e. The van der Waals surface area contributed by atoms with Gasteiger partial charge in [-0.3, -0.25) is 4.79 Å². The summed E-state index contributed by atoms with van der Waals surface area (Å²) in [4.78, 5) is 43.2. The molecule has 1 heterocycles. The topological polar surface area (TPSA) is 91.9 Å². The minimum Gasteiger partial charge on any atom is -0.462 e. The van der Waals surface area contributed by atoms with E-state index in [2.05, 4.69) is 4.98 Å². The van der Waals surface area contributed by atoms with E-state index in [-0.39, 0.29) is 18.2 Å². The van der Waals surface area contributed by atoms with Crippen molar-refractivity contribution in [2.24, 2.45) is 0 Å². The van der Waals surface area contributed by atoms with Crippen molar-refractivity contribution in [1.82, 2.24) is 9.88 Å². The van der Waals surface area contributed by atoms with E-state index in [1.54, 1.807) is 27.8 Å². The van der Waals surface area contributed by atoms with Gasteiger partial charge >= 0.3 is 11.9 Å². The van der Waals surface area contributed by atoms with E-state index in [9.17, 15) is 14.4 Å². The lowest BCUT2D eigenvalue weighted by atomic mass is 10.1. The highest BCUT2D eigenvalue weighted by Crippen LogP contribution is 2.20. The SMILES string of the molecule is CCOC(=O)c1c(C)[nH]c(C(=O)OCC(=O)N(C)Cc2ccc(N(C)C)cc2)c1C. The van der Waals surface area contributed by atoms with Crippen LogP contribution in [0.4, 0.5) is 5.69 Å². The smallest absolute Gasteiger partial charge is 0.355 e. The quantitative estimate of drug-likeness (QED) is 0.667. The molecule has 0 saturated heterocycles. The number of H-pyrrole nitrogens is 1. The maximum absolute atomic E-state index is 12.4. The largest absolute Gasteiger partial charge is 0.462 e. The number of rotatable bonds is 8. The Hall–Kier alpha value is -3.29. The van der Waals surface area contributed by atoms with E-state index in [0.717, 1.165) is 11.3 Å². The number of hydrogen-bond donors (Lipinski definition) is 1. The van der Waals surface area contributed by atoms with Gasteiger partial charge in [0.25, 0.3) is 5.91 Å². The molecule has 0 fully saturated rings. The number of amides is 1. The van der Waals surface area contributed by atoms with Gasteiger partial charge < -0.3 is 24.3 Å². The van der Waals surface area contributed by atoms with Crippen LogP contribution < -0.4 is 4.90 Å². The van der Waals surface area contributed by atoms with Crippen molar-refractivity contribution in [3.05, 3.63) is 52.3 Å². The first-order valence-corrected chi connectivity index (χ1v) is 9.69. The number of benzene rings is 1. The number of ether oxygens (including phenoxy) is 2. The summed E-state index contributed by atoms with van der Waals surface area (Å²) in [5.74, 6) is -1.52. The minimum absolute atomic E-state index is 0.144. The molecule has 8 heteroatoms. The van der Waals surface area contributed by atoms with Gasteiger partial charge in [-0.1, -0.05) is 12.1 Å². The molecule has 0 aliphatic rings. The van der Waals surface area contributed by atoms with E-state index in [0.29, 0.717) is 23.4 Å². The second-order valence-corrected chi connectivity index (χ2v) is 7.23. The Morgan fingerprint density at radius 3 is 2.17 bits per heavy atom. The number of nitrogens with zero attached hydrogens (tertiary/aromatic N) is 2. The Labute approximate surface area is 176 Å². The lowest BCUT2D eigenvalue weighted by molar-refractivity contribution is -0.133. The van der Waals surface area contributed by atoms with Gasteiger partial charge in [0.2, 0.25) is 0 Å². The van der Waals surface area contributed by atoms with Crippen molar-refractivity contribution >= 4 is 23.5 Å². The lowest BCUT2D eigenvalue weighted by Crippen LogP contribution is -2.31. The van der Waals surface area contributed by atoms with E-state index in [1.807, 2.05) is 43.3 Å².